The van der Waals surface area contributed by atoms with E-state index in [0.717, 1.165) is 0 Å². The van der Waals surface area contributed by atoms with E-state index in [4.69, 9.17) is 34.2 Å². The SMILES string of the molecule is CC(C)CCC(=O)O[C@@H](C)COC(=O)[C@@H](N)Cc1ccc(OC(=O)OC(C)(C)C)c(OC(=O)OC(C)(C)C)c1. The van der Waals surface area contributed by atoms with E-state index in [2.05, 4.69) is 0 Å². The molecule has 0 spiro atoms. The molecule has 0 heterocycles. The van der Waals surface area contributed by atoms with Gasteiger partial charge in [0.2, 0.25) is 0 Å². The smallest absolute Gasteiger partial charge is 0.461 e. The lowest BCUT2D eigenvalue weighted by molar-refractivity contribution is -0.158. The zero-order valence-corrected chi connectivity index (χ0v) is 24.5. The molecule has 39 heavy (non-hydrogen) atoms. The molecule has 0 radical (unpaired) electrons. The van der Waals surface area contributed by atoms with E-state index in [0.29, 0.717) is 17.9 Å². The maximum atomic E-state index is 12.4. The molecule has 0 bridgehead atoms. The molecule has 11 heteroatoms. The van der Waals surface area contributed by atoms with E-state index in [1.54, 1.807) is 54.5 Å². The number of carbonyl (C=O) groups excluding carboxylic acids is 4. The summed E-state index contributed by atoms with van der Waals surface area (Å²) in [5.41, 5.74) is 4.88. The molecule has 1 aromatic rings. The number of esters is 2. The predicted molar refractivity (Wildman–Crippen MR) is 142 cm³/mol. The maximum absolute atomic E-state index is 12.4. The van der Waals surface area contributed by atoms with Crippen LogP contribution in [0.3, 0.4) is 0 Å². The molecule has 2 atom stereocenters. The van der Waals surface area contributed by atoms with Gasteiger partial charge in [-0.1, -0.05) is 19.9 Å². The molecule has 0 aliphatic heterocycles. The van der Waals surface area contributed by atoms with Crippen LogP contribution in [0.15, 0.2) is 18.2 Å². The quantitative estimate of drug-likeness (QED) is 0.222. The van der Waals surface area contributed by atoms with Crippen molar-refractivity contribution in [1.82, 2.24) is 0 Å². The summed E-state index contributed by atoms with van der Waals surface area (Å²) < 4.78 is 31.3. The minimum Gasteiger partial charge on any atom is -0.461 e. The zero-order valence-electron chi connectivity index (χ0n) is 24.5. The summed E-state index contributed by atoms with van der Waals surface area (Å²) in [7, 11) is 0. The van der Waals surface area contributed by atoms with E-state index >= 15 is 0 Å². The first-order chi connectivity index (χ1) is 17.8. The average molecular weight is 554 g/mol. The van der Waals surface area contributed by atoms with Crippen LogP contribution < -0.4 is 15.2 Å². The molecule has 1 aromatic carbocycles. The van der Waals surface area contributed by atoms with Gasteiger partial charge in [-0.3, -0.25) is 9.59 Å². The molecule has 0 fully saturated rings. The van der Waals surface area contributed by atoms with Crippen molar-refractivity contribution in [3.8, 4) is 11.5 Å². The third-order valence-corrected chi connectivity index (χ3v) is 4.65. The summed E-state index contributed by atoms with van der Waals surface area (Å²) in [6, 6.07) is 3.26. The predicted octanol–water partition coefficient (Wildman–Crippen LogP) is 5.10. The molecule has 2 N–H and O–H groups in total. The van der Waals surface area contributed by atoms with Crippen molar-refractivity contribution in [2.45, 2.75) is 105 Å². The van der Waals surface area contributed by atoms with Gasteiger partial charge in [0.1, 0.15) is 30.0 Å². The van der Waals surface area contributed by atoms with Gasteiger partial charge >= 0.3 is 24.2 Å². The fourth-order valence-electron chi connectivity index (χ4n) is 2.93. The van der Waals surface area contributed by atoms with E-state index in [9.17, 15) is 19.2 Å². The molecule has 0 amide bonds. The molecule has 0 aromatic heterocycles. The highest BCUT2D eigenvalue weighted by Crippen LogP contribution is 2.31. The molecule has 0 aliphatic rings. The molecule has 220 valence electrons. The lowest BCUT2D eigenvalue weighted by atomic mass is 10.1. The Hall–Kier alpha value is -3.34. The molecule has 0 saturated heterocycles. The fraction of sp³-hybridized carbons (Fsp3) is 0.643. The van der Waals surface area contributed by atoms with Crippen molar-refractivity contribution in [1.29, 1.82) is 0 Å². The first-order valence-electron chi connectivity index (χ1n) is 12.9. The first kappa shape index (κ1) is 33.7. The van der Waals surface area contributed by atoms with Crippen LogP contribution in [-0.4, -0.2) is 54.2 Å². The summed E-state index contributed by atoms with van der Waals surface area (Å²) in [5, 5.41) is 0. The lowest BCUT2D eigenvalue weighted by Crippen LogP contribution is -2.36. The molecule has 0 aliphatic carbocycles. The first-order valence-corrected chi connectivity index (χ1v) is 12.9. The van der Waals surface area contributed by atoms with E-state index in [1.807, 2.05) is 13.8 Å². The number of rotatable bonds is 11. The normalized spacial score (nSPS) is 13.2. The number of nitrogens with two attached hydrogens (primary N) is 1. The average Bonchev–Trinajstić information content (AvgIpc) is 2.75. The zero-order chi connectivity index (χ0) is 30.0. The Morgan fingerprint density at radius 2 is 1.38 bits per heavy atom. The van der Waals surface area contributed by atoms with Crippen LogP contribution in [0.4, 0.5) is 9.59 Å². The van der Waals surface area contributed by atoms with Crippen LogP contribution in [0.5, 0.6) is 11.5 Å². The summed E-state index contributed by atoms with van der Waals surface area (Å²) >= 11 is 0. The van der Waals surface area contributed by atoms with Gasteiger partial charge in [0.25, 0.3) is 0 Å². The molecule has 11 nitrogen and oxygen atoms in total. The van der Waals surface area contributed by atoms with Crippen LogP contribution in [-0.2, 0) is 35.0 Å². The fourth-order valence-corrected chi connectivity index (χ4v) is 2.93. The van der Waals surface area contributed by atoms with Crippen molar-refractivity contribution in [2.75, 3.05) is 6.61 Å². The Morgan fingerprint density at radius 3 is 1.90 bits per heavy atom. The Kier molecular flexibility index (Phi) is 12.7. The molecule has 0 saturated carbocycles. The number of carbonyl (C=O) groups is 4. The van der Waals surface area contributed by atoms with Crippen molar-refractivity contribution >= 4 is 24.2 Å². The van der Waals surface area contributed by atoms with Gasteiger partial charge in [0.15, 0.2) is 11.5 Å². The maximum Gasteiger partial charge on any atom is 0.514 e. The Labute approximate surface area is 230 Å². The largest absolute Gasteiger partial charge is 0.514 e. The Balaban J connectivity index is 2.88. The minimum atomic E-state index is -1.07. The number of hydrogen-bond donors (Lipinski definition) is 1. The van der Waals surface area contributed by atoms with Crippen molar-refractivity contribution in [2.24, 2.45) is 11.7 Å². The van der Waals surface area contributed by atoms with Crippen molar-refractivity contribution in [3.63, 3.8) is 0 Å². The summed E-state index contributed by atoms with van der Waals surface area (Å²) in [6.07, 6.45) is -1.63. The van der Waals surface area contributed by atoms with Gasteiger partial charge in [-0.15, -0.1) is 0 Å². The van der Waals surface area contributed by atoms with Crippen LogP contribution in [0.25, 0.3) is 0 Å². The standard InChI is InChI=1S/C28H43NO10/c1-17(2)10-13-23(30)35-18(3)16-34-24(31)20(29)14-19-11-12-21(36-25(32)38-27(4,5)6)22(15-19)37-26(33)39-28(7,8)9/h11-12,15,17-18,20H,10,13-14,16,29H2,1-9H3/t18-,20-/m0/s1. The third-order valence-electron chi connectivity index (χ3n) is 4.65. The van der Waals surface area contributed by atoms with Crippen molar-refractivity contribution < 1.29 is 47.6 Å². The lowest BCUT2D eigenvalue weighted by Gasteiger charge is -2.21. The Bertz CT molecular complexity index is 991. The second-order valence-electron chi connectivity index (χ2n) is 11.6. The molecular weight excluding hydrogens is 510 g/mol. The molecule has 1 rings (SSSR count). The van der Waals surface area contributed by atoms with Gasteiger partial charge in [-0.2, -0.15) is 0 Å². The molecular formula is C28H43NO10. The number of ether oxygens (including phenoxy) is 6. The van der Waals surface area contributed by atoms with Gasteiger partial charge in [-0.25, -0.2) is 9.59 Å². The minimum absolute atomic E-state index is 0.0127. The van der Waals surface area contributed by atoms with Gasteiger partial charge in [0.05, 0.1) is 0 Å². The number of hydrogen-bond acceptors (Lipinski definition) is 11. The Morgan fingerprint density at radius 1 is 0.846 bits per heavy atom. The van der Waals surface area contributed by atoms with E-state index < -0.39 is 41.6 Å². The van der Waals surface area contributed by atoms with Crippen LogP contribution >= 0.6 is 0 Å². The third kappa shape index (κ3) is 15.0. The van der Waals surface area contributed by atoms with Crippen LogP contribution in [0.2, 0.25) is 0 Å². The summed E-state index contributed by atoms with van der Waals surface area (Å²) in [6.45, 7) is 15.5. The van der Waals surface area contributed by atoms with Crippen LogP contribution in [0.1, 0.15) is 80.7 Å². The summed E-state index contributed by atoms with van der Waals surface area (Å²) in [4.78, 5) is 48.8. The second-order valence-corrected chi connectivity index (χ2v) is 11.6. The van der Waals surface area contributed by atoms with Crippen LogP contribution in [0, 0.1) is 5.92 Å². The highest BCUT2D eigenvalue weighted by molar-refractivity contribution is 5.76. The summed E-state index contributed by atoms with van der Waals surface area (Å²) in [5.74, 6) is -0.915. The highest BCUT2D eigenvalue weighted by atomic mass is 16.8. The molecule has 0 unspecified atom stereocenters. The monoisotopic (exact) mass is 553 g/mol. The topological polar surface area (TPSA) is 150 Å². The van der Waals surface area contributed by atoms with E-state index in [1.165, 1.54) is 12.1 Å². The van der Waals surface area contributed by atoms with Crippen molar-refractivity contribution in [3.05, 3.63) is 23.8 Å². The highest BCUT2D eigenvalue weighted by Gasteiger charge is 2.25. The van der Waals surface area contributed by atoms with Gasteiger partial charge in [0, 0.05) is 6.42 Å². The second kappa shape index (κ2) is 14.7. The van der Waals surface area contributed by atoms with Gasteiger partial charge < -0.3 is 34.2 Å². The number of benzene rings is 1. The van der Waals surface area contributed by atoms with E-state index in [-0.39, 0.29) is 36.9 Å². The van der Waals surface area contributed by atoms with Gasteiger partial charge in [-0.05, 0) is 84.9 Å².